The highest BCUT2D eigenvalue weighted by atomic mass is 16.6. The van der Waals surface area contributed by atoms with Crippen LogP contribution in [0.2, 0.25) is 0 Å². The molecule has 0 spiro atoms. The Labute approximate surface area is 125 Å². The first-order valence-corrected chi connectivity index (χ1v) is 8.36. The fraction of sp³-hybridized carbons (Fsp3) is 0.941. The molecule has 1 fully saturated rings. The van der Waals surface area contributed by atoms with Crippen LogP contribution in [-0.4, -0.2) is 28.7 Å². The fourth-order valence-corrected chi connectivity index (χ4v) is 3.02. The molecule has 0 N–H and O–H groups in total. The number of carbonyl (C=O) groups is 1. The van der Waals surface area contributed by atoms with Gasteiger partial charge in [-0.25, -0.2) is 4.79 Å². The number of amides is 1. The Bertz CT molecular complexity index is 296. The molecule has 1 rings (SSSR count). The molecule has 1 amide bonds. The van der Waals surface area contributed by atoms with Crippen LogP contribution in [0.1, 0.15) is 86.0 Å². The molecule has 20 heavy (non-hydrogen) atoms. The third kappa shape index (κ3) is 5.72. The molecule has 0 aromatic heterocycles. The highest BCUT2D eigenvalue weighted by molar-refractivity contribution is 5.69. The molecule has 1 saturated heterocycles. The van der Waals surface area contributed by atoms with E-state index in [4.69, 9.17) is 4.74 Å². The van der Waals surface area contributed by atoms with E-state index in [9.17, 15) is 4.79 Å². The number of unbranched alkanes of at least 4 members (excludes halogenated alkanes) is 3. The first-order chi connectivity index (χ1) is 9.35. The number of ether oxygens (including phenoxy) is 1. The van der Waals surface area contributed by atoms with Crippen molar-refractivity contribution in [3.63, 3.8) is 0 Å². The van der Waals surface area contributed by atoms with E-state index in [1.807, 2.05) is 25.7 Å². The highest BCUT2D eigenvalue weighted by Gasteiger charge is 2.34. The van der Waals surface area contributed by atoms with Gasteiger partial charge in [0.25, 0.3) is 0 Å². The van der Waals surface area contributed by atoms with Gasteiger partial charge in [0.2, 0.25) is 0 Å². The summed E-state index contributed by atoms with van der Waals surface area (Å²) in [7, 11) is 0. The van der Waals surface area contributed by atoms with Gasteiger partial charge >= 0.3 is 6.09 Å². The van der Waals surface area contributed by atoms with Gasteiger partial charge in [-0.15, -0.1) is 0 Å². The molecule has 0 bridgehead atoms. The molecule has 0 aromatic rings. The van der Waals surface area contributed by atoms with Gasteiger partial charge in [0, 0.05) is 12.1 Å². The Hall–Kier alpha value is -0.730. The maximum atomic E-state index is 12.4. The summed E-state index contributed by atoms with van der Waals surface area (Å²) >= 11 is 0. The molecule has 1 heterocycles. The number of carbonyl (C=O) groups excluding carboxylic acids is 1. The zero-order valence-corrected chi connectivity index (χ0v) is 14.1. The van der Waals surface area contributed by atoms with Gasteiger partial charge < -0.3 is 9.64 Å². The molecule has 3 nitrogen and oxygen atoms in total. The van der Waals surface area contributed by atoms with Gasteiger partial charge in [0.1, 0.15) is 5.60 Å². The monoisotopic (exact) mass is 283 g/mol. The minimum atomic E-state index is -0.402. The Morgan fingerprint density at radius 3 is 2.50 bits per heavy atom. The van der Waals surface area contributed by atoms with Gasteiger partial charge in [0.15, 0.2) is 0 Å². The van der Waals surface area contributed by atoms with Crippen molar-refractivity contribution in [2.24, 2.45) is 0 Å². The normalized spacial score (nSPS) is 23.8. The van der Waals surface area contributed by atoms with E-state index in [2.05, 4.69) is 13.8 Å². The SMILES string of the molecule is CCCCCC[C@@H]1CCC[C@@H](C)N1C(=O)OC(C)(C)C. The zero-order chi connectivity index (χ0) is 15.2. The summed E-state index contributed by atoms with van der Waals surface area (Å²) in [5.41, 5.74) is -0.402. The average Bonchev–Trinajstić information content (AvgIpc) is 2.32. The van der Waals surface area contributed by atoms with E-state index in [0.29, 0.717) is 12.1 Å². The molecule has 0 unspecified atom stereocenters. The molecule has 0 radical (unpaired) electrons. The zero-order valence-electron chi connectivity index (χ0n) is 14.1. The van der Waals surface area contributed by atoms with E-state index in [1.54, 1.807) is 0 Å². The van der Waals surface area contributed by atoms with E-state index in [0.717, 1.165) is 19.3 Å². The van der Waals surface area contributed by atoms with Crippen LogP contribution in [0.4, 0.5) is 4.79 Å². The van der Waals surface area contributed by atoms with Gasteiger partial charge in [-0.3, -0.25) is 0 Å². The van der Waals surface area contributed by atoms with Crippen LogP contribution in [0.25, 0.3) is 0 Å². The molecular weight excluding hydrogens is 250 g/mol. The van der Waals surface area contributed by atoms with Crippen molar-refractivity contribution in [3.8, 4) is 0 Å². The van der Waals surface area contributed by atoms with Crippen molar-refractivity contribution >= 4 is 6.09 Å². The molecular formula is C17H33NO2. The lowest BCUT2D eigenvalue weighted by Crippen LogP contribution is -2.50. The van der Waals surface area contributed by atoms with Crippen molar-refractivity contribution in [1.29, 1.82) is 0 Å². The second kappa shape index (κ2) is 7.90. The van der Waals surface area contributed by atoms with Gasteiger partial charge in [-0.1, -0.05) is 32.6 Å². The molecule has 0 saturated carbocycles. The first kappa shape index (κ1) is 17.3. The van der Waals surface area contributed by atoms with Crippen LogP contribution in [0.5, 0.6) is 0 Å². The average molecular weight is 283 g/mol. The standard InChI is InChI=1S/C17H33NO2/c1-6-7-8-9-12-15-13-10-11-14(2)18(15)16(19)20-17(3,4)5/h14-15H,6-13H2,1-5H3/t14-,15-/m1/s1. The summed E-state index contributed by atoms with van der Waals surface area (Å²) in [4.78, 5) is 14.4. The van der Waals surface area contributed by atoms with Crippen molar-refractivity contribution in [2.75, 3.05) is 0 Å². The largest absolute Gasteiger partial charge is 0.444 e. The molecule has 1 aliphatic rings. The summed E-state index contributed by atoms with van der Waals surface area (Å²) in [6.07, 6.45) is 9.55. The summed E-state index contributed by atoms with van der Waals surface area (Å²) in [6.45, 7) is 10.2. The first-order valence-electron chi connectivity index (χ1n) is 8.36. The molecule has 0 aliphatic carbocycles. The van der Waals surface area contributed by atoms with Crippen LogP contribution >= 0.6 is 0 Å². The van der Waals surface area contributed by atoms with Crippen LogP contribution in [0, 0.1) is 0 Å². The molecule has 0 aromatic carbocycles. The Balaban J connectivity index is 2.58. The van der Waals surface area contributed by atoms with E-state index in [1.165, 1.54) is 32.1 Å². The smallest absolute Gasteiger partial charge is 0.410 e. The number of piperidine rings is 1. The summed E-state index contributed by atoms with van der Waals surface area (Å²) in [5, 5.41) is 0. The lowest BCUT2D eigenvalue weighted by molar-refractivity contribution is -0.00430. The van der Waals surface area contributed by atoms with Crippen LogP contribution in [0.3, 0.4) is 0 Å². The quantitative estimate of drug-likeness (QED) is 0.654. The van der Waals surface area contributed by atoms with E-state index >= 15 is 0 Å². The number of rotatable bonds is 5. The summed E-state index contributed by atoms with van der Waals surface area (Å²) in [5.74, 6) is 0. The molecule has 1 aliphatic heterocycles. The number of hydrogen-bond donors (Lipinski definition) is 0. The molecule has 2 atom stereocenters. The van der Waals surface area contributed by atoms with E-state index in [-0.39, 0.29) is 6.09 Å². The predicted octanol–water partition coefficient (Wildman–Crippen LogP) is 5.13. The number of hydrogen-bond acceptors (Lipinski definition) is 2. The molecule has 3 heteroatoms. The third-order valence-corrected chi connectivity index (χ3v) is 4.02. The summed E-state index contributed by atoms with van der Waals surface area (Å²) in [6, 6.07) is 0.695. The van der Waals surface area contributed by atoms with Gasteiger partial charge in [-0.2, -0.15) is 0 Å². The van der Waals surface area contributed by atoms with Gasteiger partial charge in [-0.05, 0) is 53.4 Å². The van der Waals surface area contributed by atoms with Crippen molar-refractivity contribution in [3.05, 3.63) is 0 Å². The maximum absolute atomic E-state index is 12.4. The van der Waals surface area contributed by atoms with Crippen molar-refractivity contribution in [2.45, 2.75) is 104 Å². The van der Waals surface area contributed by atoms with Gasteiger partial charge in [0.05, 0.1) is 0 Å². The summed E-state index contributed by atoms with van der Waals surface area (Å²) < 4.78 is 5.59. The van der Waals surface area contributed by atoms with Crippen LogP contribution < -0.4 is 0 Å². The molecule has 118 valence electrons. The second-order valence-electron chi connectivity index (χ2n) is 7.17. The Morgan fingerprint density at radius 1 is 1.20 bits per heavy atom. The minimum Gasteiger partial charge on any atom is -0.444 e. The lowest BCUT2D eigenvalue weighted by Gasteiger charge is -2.41. The van der Waals surface area contributed by atoms with Crippen LogP contribution in [0.15, 0.2) is 0 Å². The fourth-order valence-electron chi connectivity index (χ4n) is 3.02. The highest BCUT2D eigenvalue weighted by Crippen LogP contribution is 2.28. The Morgan fingerprint density at radius 2 is 1.90 bits per heavy atom. The topological polar surface area (TPSA) is 29.5 Å². The van der Waals surface area contributed by atoms with Crippen molar-refractivity contribution in [1.82, 2.24) is 4.90 Å². The van der Waals surface area contributed by atoms with E-state index < -0.39 is 5.60 Å². The minimum absolute atomic E-state index is 0.120. The number of likely N-dealkylation sites (tertiary alicyclic amines) is 1. The van der Waals surface area contributed by atoms with Crippen LogP contribution in [-0.2, 0) is 4.74 Å². The second-order valence-corrected chi connectivity index (χ2v) is 7.17. The maximum Gasteiger partial charge on any atom is 0.410 e. The Kier molecular flexibility index (Phi) is 6.84. The third-order valence-electron chi connectivity index (χ3n) is 4.02. The number of nitrogens with zero attached hydrogens (tertiary/aromatic N) is 1. The predicted molar refractivity (Wildman–Crippen MR) is 83.9 cm³/mol. The lowest BCUT2D eigenvalue weighted by atomic mass is 9.93. The van der Waals surface area contributed by atoms with Crippen molar-refractivity contribution < 1.29 is 9.53 Å².